The summed E-state index contributed by atoms with van der Waals surface area (Å²) < 4.78 is 5.50. The van der Waals surface area contributed by atoms with Crippen LogP contribution in [0, 0.1) is 0 Å². The Morgan fingerprint density at radius 3 is 2.93 bits per heavy atom. The third-order valence-electron chi connectivity index (χ3n) is 2.95. The summed E-state index contributed by atoms with van der Waals surface area (Å²) in [5, 5.41) is 0. The molecule has 0 aliphatic heterocycles. The summed E-state index contributed by atoms with van der Waals surface area (Å²) >= 11 is 0. The Kier molecular flexibility index (Phi) is 6.69. The van der Waals surface area contributed by atoms with Gasteiger partial charge in [0.05, 0.1) is 6.61 Å². The lowest BCUT2D eigenvalue weighted by Gasteiger charge is -2.18. The molecular weight excluding hydrogens is 186 g/mol. The van der Waals surface area contributed by atoms with Crippen molar-refractivity contribution >= 4 is 0 Å². The largest absolute Gasteiger partial charge is 0.380 e. The lowest BCUT2D eigenvalue weighted by molar-refractivity contribution is 0.127. The topological polar surface area (TPSA) is 35.2 Å². The van der Waals surface area contributed by atoms with Gasteiger partial charge in [-0.25, -0.2) is 0 Å². The monoisotopic (exact) mass is 211 g/mol. The van der Waals surface area contributed by atoms with Crippen molar-refractivity contribution in [3.8, 4) is 0 Å². The van der Waals surface area contributed by atoms with E-state index < -0.39 is 0 Å². The lowest BCUT2D eigenvalue weighted by Crippen LogP contribution is -2.29. The van der Waals surface area contributed by atoms with Crippen molar-refractivity contribution in [1.82, 2.24) is 0 Å². The average Bonchev–Trinajstić information content (AvgIpc) is 2.17. The minimum absolute atomic E-state index is 0.134. The first-order valence-corrected chi connectivity index (χ1v) is 6.37. The van der Waals surface area contributed by atoms with Crippen LogP contribution in [0.4, 0.5) is 0 Å². The minimum Gasteiger partial charge on any atom is -0.380 e. The van der Waals surface area contributed by atoms with Crippen LogP contribution in [0.1, 0.15) is 51.9 Å². The highest BCUT2D eigenvalue weighted by atomic mass is 16.5. The van der Waals surface area contributed by atoms with E-state index >= 15 is 0 Å². The van der Waals surface area contributed by atoms with Crippen LogP contribution in [0.5, 0.6) is 0 Å². The van der Waals surface area contributed by atoms with Crippen LogP contribution in [-0.4, -0.2) is 19.3 Å². The van der Waals surface area contributed by atoms with Gasteiger partial charge in [0.2, 0.25) is 0 Å². The van der Waals surface area contributed by atoms with Crippen molar-refractivity contribution in [3.05, 3.63) is 11.6 Å². The summed E-state index contributed by atoms with van der Waals surface area (Å²) in [6, 6.07) is 0.134. The van der Waals surface area contributed by atoms with Crippen molar-refractivity contribution in [1.29, 1.82) is 0 Å². The van der Waals surface area contributed by atoms with Crippen LogP contribution < -0.4 is 5.73 Å². The number of hydrogen-bond donors (Lipinski definition) is 1. The van der Waals surface area contributed by atoms with Gasteiger partial charge in [0.1, 0.15) is 0 Å². The molecule has 0 saturated heterocycles. The fourth-order valence-corrected chi connectivity index (χ4v) is 2.01. The summed E-state index contributed by atoms with van der Waals surface area (Å²) in [5.74, 6) is 0. The van der Waals surface area contributed by atoms with Gasteiger partial charge in [-0.05, 0) is 32.1 Å². The molecule has 0 fully saturated rings. The molecule has 0 aromatic heterocycles. The number of nitrogens with two attached hydrogens (primary N) is 1. The molecule has 1 unspecified atom stereocenters. The van der Waals surface area contributed by atoms with Gasteiger partial charge in [-0.15, -0.1) is 0 Å². The van der Waals surface area contributed by atoms with Gasteiger partial charge >= 0.3 is 0 Å². The number of rotatable bonds is 5. The second-order valence-corrected chi connectivity index (χ2v) is 4.41. The van der Waals surface area contributed by atoms with E-state index in [9.17, 15) is 0 Å². The van der Waals surface area contributed by atoms with Crippen molar-refractivity contribution < 1.29 is 4.74 Å². The van der Waals surface area contributed by atoms with E-state index in [0.717, 1.165) is 13.0 Å². The van der Waals surface area contributed by atoms with Crippen molar-refractivity contribution in [2.75, 3.05) is 13.2 Å². The van der Waals surface area contributed by atoms with E-state index in [0.29, 0.717) is 6.61 Å². The second-order valence-electron chi connectivity index (χ2n) is 4.41. The molecule has 88 valence electrons. The van der Waals surface area contributed by atoms with Crippen LogP contribution in [0.25, 0.3) is 0 Å². The first-order chi connectivity index (χ1) is 7.34. The summed E-state index contributed by atoms with van der Waals surface area (Å²) in [6.07, 6.45) is 11.2. The summed E-state index contributed by atoms with van der Waals surface area (Å²) in [7, 11) is 0. The van der Waals surface area contributed by atoms with Gasteiger partial charge in [0, 0.05) is 12.6 Å². The fourth-order valence-electron chi connectivity index (χ4n) is 2.01. The van der Waals surface area contributed by atoms with Crippen LogP contribution >= 0.6 is 0 Å². The second kappa shape index (κ2) is 7.89. The van der Waals surface area contributed by atoms with Gasteiger partial charge in [0.15, 0.2) is 0 Å². The number of allylic oxidation sites excluding steroid dienone is 1. The normalized spacial score (nSPS) is 20.3. The molecule has 0 heterocycles. The van der Waals surface area contributed by atoms with Crippen LogP contribution in [0.2, 0.25) is 0 Å². The third kappa shape index (κ3) is 5.33. The maximum atomic E-state index is 6.12. The highest BCUT2D eigenvalue weighted by Gasteiger charge is 2.10. The Bertz CT molecular complexity index is 189. The zero-order valence-corrected chi connectivity index (χ0v) is 10.0. The zero-order valence-electron chi connectivity index (χ0n) is 10.0. The molecule has 0 bridgehead atoms. The van der Waals surface area contributed by atoms with E-state index in [-0.39, 0.29) is 6.04 Å². The van der Waals surface area contributed by atoms with Gasteiger partial charge in [-0.1, -0.05) is 31.4 Å². The quantitative estimate of drug-likeness (QED) is 0.560. The van der Waals surface area contributed by atoms with Gasteiger partial charge in [-0.2, -0.15) is 0 Å². The molecule has 0 spiro atoms. The molecule has 1 rings (SSSR count). The highest BCUT2D eigenvalue weighted by molar-refractivity contribution is 5.10. The predicted molar refractivity (Wildman–Crippen MR) is 64.9 cm³/mol. The van der Waals surface area contributed by atoms with Gasteiger partial charge in [-0.3, -0.25) is 0 Å². The van der Waals surface area contributed by atoms with Gasteiger partial charge < -0.3 is 10.5 Å². The molecule has 2 N–H and O–H groups in total. The van der Waals surface area contributed by atoms with E-state index in [2.05, 4.69) is 13.0 Å². The fraction of sp³-hybridized carbons (Fsp3) is 0.846. The van der Waals surface area contributed by atoms with Crippen molar-refractivity contribution in [2.24, 2.45) is 5.73 Å². The van der Waals surface area contributed by atoms with E-state index in [1.807, 2.05) is 0 Å². The molecule has 1 aliphatic rings. The van der Waals surface area contributed by atoms with Crippen LogP contribution in [0.3, 0.4) is 0 Å². The standard InChI is InChI=1S/C13H25NO/c1-2-10-15-11-13(14)12-8-6-4-3-5-7-9-12/h8,13H,2-7,9-11,14H2,1H3. The maximum Gasteiger partial charge on any atom is 0.0656 e. The Morgan fingerprint density at radius 1 is 1.33 bits per heavy atom. The van der Waals surface area contributed by atoms with Crippen molar-refractivity contribution in [2.45, 2.75) is 57.9 Å². The summed E-state index contributed by atoms with van der Waals surface area (Å²) in [4.78, 5) is 0. The Morgan fingerprint density at radius 2 is 2.13 bits per heavy atom. The van der Waals surface area contributed by atoms with Gasteiger partial charge in [0.25, 0.3) is 0 Å². The Balaban J connectivity index is 2.30. The average molecular weight is 211 g/mol. The molecule has 0 saturated carbocycles. The molecule has 1 atom stereocenters. The Hall–Kier alpha value is -0.340. The lowest BCUT2D eigenvalue weighted by atomic mass is 9.96. The first-order valence-electron chi connectivity index (χ1n) is 6.37. The number of hydrogen-bond acceptors (Lipinski definition) is 2. The van der Waals surface area contributed by atoms with E-state index in [1.54, 1.807) is 0 Å². The van der Waals surface area contributed by atoms with Crippen LogP contribution in [0.15, 0.2) is 11.6 Å². The SMILES string of the molecule is CCCOCC(N)C1=CCCCCCC1. The summed E-state index contributed by atoms with van der Waals surface area (Å²) in [6.45, 7) is 3.65. The van der Waals surface area contributed by atoms with Crippen LogP contribution in [-0.2, 0) is 4.74 Å². The molecule has 0 aromatic carbocycles. The molecule has 1 aliphatic carbocycles. The molecular formula is C13H25NO. The summed E-state index contributed by atoms with van der Waals surface area (Å²) in [5.41, 5.74) is 7.54. The third-order valence-corrected chi connectivity index (χ3v) is 2.95. The first kappa shape index (κ1) is 12.7. The van der Waals surface area contributed by atoms with E-state index in [4.69, 9.17) is 10.5 Å². The Labute approximate surface area is 93.9 Å². The molecule has 15 heavy (non-hydrogen) atoms. The molecule has 0 radical (unpaired) electrons. The smallest absolute Gasteiger partial charge is 0.0656 e. The predicted octanol–water partition coefficient (Wildman–Crippen LogP) is 3.02. The molecule has 0 amide bonds. The number of ether oxygens (including phenoxy) is 1. The van der Waals surface area contributed by atoms with E-state index in [1.165, 1.54) is 44.1 Å². The minimum atomic E-state index is 0.134. The molecule has 0 aromatic rings. The van der Waals surface area contributed by atoms with Crippen molar-refractivity contribution in [3.63, 3.8) is 0 Å². The molecule has 2 heteroatoms. The maximum absolute atomic E-state index is 6.12. The highest BCUT2D eigenvalue weighted by Crippen LogP contribution is 2.18. The zero-order chi connectivity index (χ0) is 10.9. The molecule has 2 nitrogen and oxygen atoms in total.